The highest BCUT2D eigenvalue weighted by Gasteiger charge is 2.52. The first-order valence-electron chi connectivity index (χ1n) is 13.6. The van der Waals surface area contributed by atoms with E-state index in [1.54, 1.807) is 51.7 Å². The van der Waals surface area contributed by atoms with Gasteiger partial charge in [-0.3, -0.25) is 10.2 Å². The number of carbonyl (C=O) groups is 1. The van der Waals surface area contributed by atoms with Crippen LogP contribution in [0.2, 0.25) is 0 Å². The molecule has 42 heavy (non-hydrogen) atoms. The molecule has 1 aliphatic heterocycles. The van der Waals surface area contributed by atoms with Crippen molar-refractivity contribution in [3.8, 4) is 23.0 Å². The summed E-state index contributed by atoms with van der Waals surface area (Å²) in [5, 5.41) is 8.99. The molecule has 0 spiro atoms. The fourth-order valence-electron chi connectivity index (χ4n) is 4.74. The van der Waals surface area contributed by atoms with Crippen molar-refractivity contribution in [2.75, 3.05) is 34.5 Å². The molecule has 0 bridgehead atoms. The van der Waals surface area contributed by atoms with Crippen LogP contribution in [0.15, 0.2) is 84.4 Å². The SMILES string of the molecule is C=CC[C@]1(C(=O)NNCc2c(OC)cc(OC)cc2OC)N=C(c2ccc(OCCCO)cc2)O[C@H]1c1ccccc1. The summed E-state index contributed by atoms with van der Waals surface area (Å²) in [6, 6.07) is 20.3. The van der Waals surface area contributed by atoms with Crippen molar-refractivity contribution in [1.82, 2.24) is 10.9 Å². The first-order valence-corrected chi connectivity index (χ1v) is 13.6. The van der Waals surface area contributed by atoms with Crippen LogP contribution < -0.4 is 29.8 Å². The lowest BCUT2D eigenvalue weighted by molar-refractivity contribution is -0.129. The molecule has 0 aliphatic carbocycles. The van der Waals surface area contributed by atoms with Gasteiger partial charge in [-0.1, -0.05) is 36.4 Å². The zero-order valence-electron chi connectivity index (χ0n) is 24.1. The minimum absolute atomic E-state index is 0.0626. The third-order valence-electron chi connectivity index (χ3n) is 6.87. The molecule has 0 radical (unpaired) electrons. The van der Waals surface area contributed by atoms with E-state index in [1.165, 1.54) is 0 Å². The fraction of sp³-hybridized carbons (Fsp3) is 0.312. The number of nitrogens with one attached hydrogen (secondary N) is 2. The molecule has 3 N–H and O–H groups in total. The summed E-state index contributed by atoms with van der Waals surface area (Å²) in [6.07, 6.45) is 1.72. The smallest absolute Gasteiger partial charge is 0.266 e. The van der Waals surface area contributed by atoms with Gasteiger partial charge in [-0.2, -0.15) is 0 Å². The van der Waals surface area contributed by atoms with Crippen LogP contribution in [0.4, 0.5) is 0 Å². The number of hydrogen-bond donors (Lipinski definition) is 3. The molecule has 3 aromatic carbocycles. The van der Waals surface area contributed by atoms with Crippen molar-refractivity contribution in [2.45, 2.75) is 31.0 Å². The Bertz CT molecular complexity index is 1350. The van der Waals surface area contributed by atoms with Gasteiger partial charge in [-0.25, -0.2) is 10.4 Å². The summed E-state index contributed by atoms with van der Waals surface area (Å²) in [4.78, 5) is 18.9. The first kappa shape index (κ1) is 30.4. The highest BCUT2D eigenvalue weighted by molar-refractivity contribution is 6.01. The van der Waals surface area contributed by atoms with Crippen molar-refractivity contribution in [3.05, 3.63) is 96.1 Å². The molecule has 222 valence electrons. The normalized spacial score (nSPS) is 17.5. The predicted molar refractivity (Wildman–Crippen MR) is 159 cm³/mol. The van der Waals surface area contributed by atoms with Gasteiger partial charge in [-0.15, -0.1) is 6.58 Å². The Labute approximate surface area is 245 Å². The lowest BCUT2D eigenvalue weighted by atomic mass is 9.84. The van der Waals surface area contributed by atoms with E-state index < -0.39 is 11.6 Å². The van der Waals surface area contributed by atoms with Crippen molar-refractivity contribution >= 4 is 11.8 Å². The number of ether oxygens (including phenoxy) is 5. The Morgan fingerprint density at radius 3 is 2.31 bits per heavy atom. The van der Waals surface area contributed by atoms with E-state index in [2.05, 4.69) is 17.4 Å². The maximum Gasteiger partial charge on any atom is 0.266 e. The van der Waals surface area contributed by atoms with Crippen molar-refractivity contribution in [3.63, 3.8) is 0 Å². The van der Waals surface area contributed by atoms with Crippen molar-refractivity contribution < 1.29 is 33.6 Å². The summed E-state index contributed by atoms with van der Waals surface area (Å²) in [6.45, 7) is 4.59. The van der Waals surface area contributed by atoms with Crippen LogP contribution in [-0.2, 0) is 16.1 Å². The largest absolute Gasteiger partial charge is 0.496 e. The second kappa shape index (κ2) is 14.4. The number of hydrazine groups is 1. The summed E-state index contributed by atoms with van der Waals surface area (Å²) < 4.78 is 28.5. The number of aliphatic hydroxyl groups excluding tert-OH is 1. The standard InChI is InChI=1S/C32H37N3O7/c1-5-16-32(31(37)35-33-21-26-27(39-3)19-25(38-2)20-28(26)40-4)29(22-10-7-6-8-11-22)42-30(34-32)23-12-14-24(15-13-23)41-18-9-17-36/h5-8,10-15,19-20,29,33,36H,1,9,16-18,21H2,2-4H3,(H,35,37)/t29-,32-/m0/s1. The number of aliphatic imine (C=N–C) groups is 1. The molecule has 0 saturated heterocycles. The number of aliphatic hydroxyl groups is 1. The Hall–Kier alpha value is -4.54. The fourth-order valence-corrected chi connectivity index (χ4v) is 4.74. The van der Waals surface area contributed by atoms with E-state index in [0.717, 1.165) is 5.56 Å². The number of amides is 1. The lowest BCUT2D eigenvalue weighted by Crippen LogP contribution is -2.52. The summed E-state index contributed by atoms with van der Waals surface area (Å²) in [5.74, 6) is 2.28. The maximum absolute atomic E-state index is 14.0. The monoisotopic (exact) mass is 575 g/mol. The third kappa shape index (κ3) is 6.67. The lowest BCUT2D eigenvalue weighted by Gasteiger charge is -2.29. The molecule has 2 atom stereocenters. The number of nitrogens with zero attached hydrogens (tertiary/aromatic N) is 1. The minimum atomic E-state index is -1.34. The minimum Gasteiger partial charge on any atom is -0.496 e. The Kier molecular flexibility index (Phi) is 10.4. The zero-order chi connectivity index (χ0) is 30.0. The molecule has 0 aromatic heterocycles. The molecule has 10 nitrogen and oxygen atoms in total. The molecular weight excluding hydrogens is 538 g/mol. The third-order valence-corrected chi connectivity index (χ3v) is 6.87. The summed E-state index contributed by atoms with van der Waals surface area (Å²) >= 11 is 0. The zero-order valence-corrected chi connectivity index (χ0v) is 24.1. The van der Waals surface area contributed by atoms with Crippen LogP contribution in [0, 0.1) is 0 Å². The molecule has 1 heterocycles. The molecule has 0 saturated carbocycles. The van der Waals surface area contributed by atoms with Crippen molar-refractivity contribution in [2.24, 2.45) is 4.99 Å². The molecule has 1 aliphatic rings. The van der Waals surface area contributed by atoms with Crippen molar-refractivity contribution in [1.29, 1.82) is 0 Å². The van der Waals surface area contributed by atoms with Gasteiger partial charge in [0.25, 0.3) is 5.91 Å². The van der Waals surface area contributed by atoms with E-state index in [1.807, 2.05) is 42.5 Å². The number of rotatable bonds is 15. The van der Waals surface area contributed by atoms with Gasteiger partial charge in [0.05, 0.1) is 33.5 Å². The van der Waals surface area contributed by atoms with E-state index in [-0.39, 0.29) is 25.5 Å². The Balaban J connectivity index is 1.61. The molecular formula is C32H37N3O7. The van der Waals surface area contributed by atoms with Gasteiger partial charge in [0.15, 0.2) is 11.6 Å². The number of carbonyl (C=O) groups excluding carboxylic acids is 1. The Morgan fingerprint density at radius 2 is 1.71 bits per heavy atom. The van der Waals surface area contributed by atoms with E-state index in [0.29, 0.717) is 53.1 Å². The maximum atomic E-state index is 14.0. The first-order chi connectivity index (χ1) is 20.5. The summed E-state index contributed by atoms with van der Waals surface area (Å²) in [7, 11) is 4.67. The Morgan fingerprint density at radius 1 is 1.02 bits per heavy atom. The highest BCUT2D eigenvalue weighted by atomic mass is 16.5. The van der Waals surface area contributed by atoms with Gasteiger partial charge < -0.3 is 28.8 Å². The molecule has 4 rings (SSSR count). The topological polar surface area (TPSA) is 120 Å². The second-order valence-corrected chi connectivity index (χ2v) is 9.51. The van der Waals surface area contributed by atoms with Gasteiger partial charge in [0, 0.05) is 43.7 Å². The van der Waals surface area contributed by atoms with Crippen LogP contribution in [-0.4, -0.2) is 57.0 Å². The van der Waals surface area contributed by atoms with Crippen LogP contribution >= 0.6 is 0 Å². The number of benzene rings is 3. The van der Waals surface area contributed by atoms with Gasteiger partial charge in [0.2, 0.25) is 5.90 Å². The van der Waals surface area contributed by atoms with Crippen LogP contribution in [0.1, 0.15) is 35.6 Å². The summed E-state index contributed by atoms with van der Waals surface area (Å²) in [5.41, 5.74) is 6.71. The predicted octanol–water partition coefficient (Wildman–Crippen LogP) is 4.13. The van der Waals surface area contributed by atoms with Crippen LogP contribution in [0.25, 0.3) is 0 Å². The van der Waals surface area contributed by atoms with Gasteiger partial charge in [0.1, 0.15) is 23.0 Å². The number of methoxy groups -OCH3 is 3. The van der Waals surface area contributed by atoms with Gasteiger partial charge in [-0.05, 0) is 29.8 Å². The number of hydrogen-bond acceptors (Lipinski definition) is 9. The van der Waals surface area contributed by atoms with E-state index in [9.17, 15) is 4.79 Å². The molecule has 0 unspecified atom stereocenters. The average molecular weight is 576 g/mol. The second-order valence-electron chi connectivity index (χ2n) is 9.51. The molecule has 1 amide bonds. The van der Waals surface area contributed by atoms with E-state index >= 15 is 0 Å². The van der Waals surface area contributed by atoms with Crippen LogP contribution in [0.3, 0.4) is 0 Å². The highest BCUT2D eigenvalue weighted by Crippen LogP contribution is 2.42. The molecule has 10 heteroatoms. The van der Waals surface area contributed by atoms with Crippen LogP contribution in [0.5, 0.6) is 23.0 Å². The quantitative estimate of drug-likeness (QED) is 0.141. The van der Waals surface area contributed by atoms with Gasteiger partial charge >= 0.3 is 0 Å². The molecule has 0 fully saturated rings. The molecule has 3 aromatic rings. The van der Waals surface area contributed by atoms with E-state index in [4.69, 9.17) is 33.8 Å². The average Bonchev–Trinajstić information content (AvgIpc) is 3.42.